The van der Waals surface area contributed by atoms with Gasteiger partial charge in [0.1, 0.15) is 18.5 Å². The molecule has 0 aromatic rings. The monoisotopic (exact) mass is 612 g/mol. The first-order chi connectivity index (χ1) is 20.8. The third kappa shape index (κ3) is 2.16. The Bertz CT molecular complexity index is 1460. The average molecular weight is 613 g/mol. The first-order valence-corrected chi connectivity index (χ1v) is 17.1. The van der Waals surface area contributed by atoms with Crippen molar-refractivity contribution in [3.8, 4) is 0 Å². The van der Waals surface area contributed by atoms with Gasteiger partial charge in [-0.3, -0.25) is 0 Å². The molecule has 7 aliphatic heterocycles. The average Bonchev–Trinajstić information content (AvgIpc) is 3.53. The van der Waals surface area contributed by atoms with Gasteiger partial charge in [0, 0.05) is 70.4 Å². The van der Waals surface area contributed by atoms with Crippen LogP contribution in [0, 0.1) is 51.8 Å². The lowest BCUT2D eigenvalue weighted by Gasteiger charge is -2.65. The third-order valence-electron chi connectivity index (χ3n) is 17.7. The molecule has 4 fully saturated rings. The molecule has 0 radical (unpaired) electrons. The third-order valence-corrected chi connectivity index (χ3v) is 17.7. The maximum absolute atomic E-state index is 5.43. The van der Waals surface area contributed by atoms with Gasteiger partial charge >= 0.3 is 0 Å². The van der Waals surface area contributed by atoms with Gasteiger partial charge in [0.2, 0.25) is 0 Å². The standard InChI is InChI=1S/C33H48N12/c1-25(2)28(7)16-13-34-43-22(19(16)31(25,10)40-37-28)44-24(21-17(14-35-44)29(8)26(3,4)33(21,12)42-38-29)45-23(43)20-18(15-36-45)30(9)27(5,6)32(20,11)41-39-30/h13-24H,1-12H3/t16-,17-,18-,19-,20-,21-,22?,23?,24?,28-,29-,30-,31+,32+,33+/m0/s1. The van der Waals surface area contributed by atoms with Gasteiger partial charge in [-0.25, -0.2) is 15.0 Å². The number of hydrazone groups is 3. The van der Waals surface area contributed by atoms with Gasteiger partial charge in [-0.1, -0.05) is 41.5 Å². The van der Waals surface area contributed by atoms with E-state index in [0.29, 0.717) is 0 Å². The van der Waals surface area contributed by atoms with Gasteiger partial charge in [-0.2, -0.15) is 46.0 Å². The van der Waals surface area contributed by atoms with Crippen molar-refractivity contribution in [3.05, 3.63) is 0 Å². The SMILES string of the molecule is CC1(C)[C@@]2(C)N=N[C@]1(C)[C@@H]1C3N(N=C[C@@H]12)C1[C@@H]2[C@H](C=NN1C1[C@@H]4[C@H](C=NN31)[C@]1(C)N=N[C@@]4(C)C1(C)C)[C@]1(C)N=N[C@@]2(C)C1(C)C. The summed E-state index contributed by atoms with van der Waals surface area (Å²) >= 11 is 0. The zero-order valence-electron chi connectivity index (χ0n) is 28.8. The van der Waals surface area contributed by atoms with Crippen molar-refractivity contribution in [1.82, 2.24) is 15.0 Å². The molecule has 7 heterocycles. The maximum atomic E-state index is 5.43. The molecule has 12 atom stereocenters. The lowest BCUT2D eigenvalue weighted by Crippen LogP contribution is -2.78. The molecule has 0 unspecified atom stereocenters. The predicted molar refractivity (Wildman–Crippen MR) is 170 cm³/mol. The molecule has 0 amide bonds. The van der Waals surface area contributed by atoms with Gasteiger partial charge in [0.25, 0.3) is 0 Å². The van der Waals surface area contributed by atoms with E-state index in [0.717, 1.165) is 0 Å². The Morgan fingerprint density at radius 3 is 0.822 bits per heavy atom. The van der Waals surface area contributed by atoms with E-state index in [1.54, 1.807) is 0 Å². The summed E-state index contributed by atoms with van der Waals surface area (Å²) in [6.45, 7) is 28.0. The molecule has 12 heteroatoms. The predicted octanol–water partition coefficient (Wildman–Crippen LogP) is 5.65. The van der Waals surface area contributed by atoms with Crippen LogP contribution in [0.2, 0.25) is 0 Å². The maximum Gasteiger partial charge on any atom is 0.145 e. The topological polar surface area (TPSA) is 121 Å². The van der Waals surface area contributed by atoms with Crippen LogP contribution < -0.4 is 0 Å². The van der Waals surface area contributed by atoms with E-state index in [1.165, 1.54) is 0 Å². The lowest BCUT2D eigenvalue weighted by atomic mass is 9.67. The minimum Gasteiger partial charge on any atom is -0.248 e. The minimum absolute atomic E-state index is 0.117. The molecule has 45 heavy (non-hydrogen) atoms. The molecule has 6 bridgehead atoms. The van der Waals surface area contributed by atoms with Crippen molar-refractivity contribution >= 4 is 18.6 Å². The van der Waals surface area contributed by atoms with Gasteiger partial charge in [0.05, 0.1) is 33.2 Å². The Balaban J connectivity index is 1.22. The van der Waals surface area contributed by atoms with Crippen LogP contribution in [-0.4, -0.2) is 85.4 Å². The highest BCUT2D eigenvalue weighted by atomic mass is 15.8. The van der Waals surface area contributed by atoms with Crippen LogP contribution in [-0.2, 0) is 0 Å². The van der Waals surface area contributed by atoms with E-state index >= 15 is 0 Å². The Morgan fingerprint density at radius 1 is 0.356 bits per heavy atom. The Hall–Kier alpha value is -2.79. The van der Waals surface area contributed by atoms with E-state index in [4.69, 9.17) is 46.0 Å². The van der Waals surface area contributed by atoms with Gasteiger partial charge < -0.3 is 0 Å². The molecule has 240 valence electrons. The highest BCUT2D eigenvalue weighted by Crippen LogP contribution is 2.74. The van der Waals surface area contributed by atoms with Crippen molar-refractivity contribution in [2.75, 3.05) is 0 Å². The van der Waals surface area contributed by atoms with Crippen molar-refractivity contribution in [2.45, 2.75) is 135 Å². The summed E-state index contributed by atoms with van der Waals surface area (Å²) in [5.74, 6) is 0.865. The first kappa shape index (κ1) is 27.3. The van der Waals surface area contributed by atoms with E-state index in [2.05, 4.69) is 117 Å². The zero-order chi connectivity index (χ0) is 31.9. The largest absolute Gasteiger partial charge is 0.248 e. The number of hydrogen-bond acceptors (Lipinski definition) is 12. The summed E-state index contributed by atoms with van der Waals surface area (Å²) in [6.07, 6.45) is 6.26. The van der Waals surface area contributed by atoms with Gasteiger partial charge in [0.15, 0.2) is 0 Å². The fraction of sp³-hybridized carbons (Fsp3) is 0.909. The first-order valence-electron chi connectivity index (χ1n) is 17.1. The second-order valence-corrected chi connectivity index (χ2v) is 18.7. The summed E-state index contributed by atoms with van der Waals surface area (Å²) in [5.41, 5.74) is -2.62. The normalized spacial score (nSPS) is 61.1. The molecule has 10 rings (SSSR count). The number of fused-ring (bicyclic) bond motifs is 24. The zero-order valence-corrected chi connectivity index (χ0v) is 28.8. The van der Waals surface area contributed by atoms with Crippen LogP contribution in [0.5, 0.6) is 0 Å². The Kier molecular flexibility index (Phi) is 4.11. The highest BCUT2D eigenvalue weighted by Gasteiger charge is 2.83. The summed E-state index contributed by atoms with van der Waals surface area (Å²) in [4.78, 5) is 0. The van der Waals surface area contributed by atoms with Crippen LogP contribution in [0.15, 0.2) is 46.0 Å². The van der Waals surface area contributed by atoms with Gasteiger partial charge in [-0.15, -0.1) is 0 Å². The minimum atomic E-state index is -0.384. The number of nitrogens with zero attached hydrogens (tertiary/aromatic N) is 12. The molecule has 1 saturated heterocycles. The molecule has 3 saturated carbocycles. The smallest absolute Gasteiger partial charge is 0.145 e. The Morgan fingerprint density at radius 2 is 0.578 bits per heavy atom. The summed E-state index contributed by atoms with van der Waals surface area (Å²) in [7, 11) is 0. The second kappa shape index (κ2) is 6.77. The van der Waals surface area contributed by atoms with E-state index < -0.39 is 0 Å². The van der Waals surface area contributed by atoms with Crippen molar-refractivity contribution in [3.63, 3.8) is 0 Å². The number of azo groups is 3. The van der Waals surface area contributed by atoms with Crippen LogP contribution >= 0.6 is 0 Å². The van der Waals surface area contributed by atoms with E-state index in [-0.39, 0.29) is 103 Å². The fourth-order valence-electron chi connectivity index (χ4n) is 12.7. The summed E-state index contributed by atoms with van der Waals surface area (Å²) in [6, 6.07) is 0. The molecular formula is C33H48N12. The summed E-state index contributed by atoms with van der Waals surface area (Å²) in [5, 5.41) is 53.7. The molecule has 0 aromatic carbocycles. The van der Waals surface area contributed by atoms with Crippen LogP contribution in [0.3, 0.4) is 0 Å². The molecule has 0 aromatic heterocycles. The Labute approximate surface area is 266 Å². The lowest BCUT2D eigenvalue weighted by molar-refractivity contribution is -0.250. The van der Waals surface area contributed by atoms with E-state index in [9.17, 15) is 0 Å². The quantitative estimate of drug-likeness (QED) is 0.351. The molecule has 12 nitrogen and oxygen atoms in total. The van der Waals surface area contributed by atoms with Crippen molar-refractivity contribution in [2.24, 2.45) is 97.7 Å². The van der Waals surface area contributed by atoms with E-state index in [1.807, 2.05) is 0 Å². The van der Waals surface area contributed by atoms with Crippen LogP contribution in [0.4, 0.5) is 0 Å². The van der Waals surface area contributed by atoms with Crippen LogP contribution in [0.25, 0.3) is 0 Å². The second-order valence-electron chi connectivity index (χ2n) is 18.7. The number of hydrogen-bond donors (Lipinski definition) is 0. The van der Waals surface area contributed by atoms with Gasteiger partial charge in [-0.05, 0) is 41.5 Å². The fourth-order valence-corrected chi connectivity index (χ4v) is 12.7. The van der Waals surface area contributed by atoms with Crippen molar-refractivity contribution in [1.29, 1.82) is 0 Å². The number of rotatable bonds is 0. The molecule has 10 aliphatic rings. The molecule has 3 aliphatic carbocycles. The highest BCUT2D eigenvalue weighted by molar-refractivity contribution is 5.71. The molecule has 0 N–H and O–H groups in total. The summed E-state index contributed by atoms with van der Waals surface area (Å²) < 4.78 is 0. The molecular weight excluding hydrogens is 564 g/mol. The van der Waals surface area contributed by atoms with Crippen LogP contribution in [0.1, 0.15) is 83.1 Å². The van der Waals surface area contributed by atoms with Crippen molar-refractivity contribution < 1.29 is 0 Å². The molecule has 0 spiro atoms.